The Bertz CT molecular complexity index is 1440. The van der Waals surface area contributed by atoms with Gasteiger partial charge in [-0.15, -0.1) is 0 Å². The van der Waals surface area contributed by atoms with E-state index < -0.39 is 73.8 Å². The largest absolute Gasteiger partial charge is 0.472 e. The maximum Gasteiger partial charge on any atom is 0.456 e. The van der Waals surface area contributed by atoms with Crippen LogP contribution in [0.25, 0.3) is 16.9 Å². The van der Waals surface area contributed by atoms with Crippen molar-refractivity contribution in [1.82, 2.24) is 14.0 Å². The van der Waals surface area contributed by atoms with E-state index in [0.717, 1.165) is 25.2 Å². The van der Waals surface area contributed by atoms with Crippen molar-refractivity contribution in [2.75, 3.05) is 12.4 Å². The van der Waals surface area contributed by atoms with Gasteiger partial charge < -0.3 is 4.74 Å². The number of alkyl halides is 8. The van der Waals surface area contributed by atoms with Crippen molar-refractivity contribution in [2.24, 2.45) is 7.05 Å². The number of aromatic nitrogens is 3. The van der Waals surface area contributed by atoms with Crippen molar-refractivity contribution in [3.05, 3.63) is 46.4 Å². The first-order chi connectivity index (χ1) is 15.9. The van der Waals surface area contributed by atoms with Crippen LogP contribution in [-0.4, -0.2) is 46.8 Å². The molecule has 0 spiro atoms. The zero-order chi connectivity index (χ0) is 26.6. The SMILES string of the molecule is CCS(=O)(=O)c1c(-c2ccc(OCC(F)(F)C(F)(F)F)n(C)c2=O)nc2ccc(C(F)(F)F)cn12. The Kier molecular flexibility index (Phi) is 6.42. The summed E-state index contributed by atoms with van der Waals surface area (Å²) in [5.74, 6) is -6.49. The van der Waals surface area contributed by atoms with E-state index in [1.54, 1.807) is 0 Å². The van der Waals surface area contributed by atoms with Gasteiger partial charge in [0.25, 0.3) is 5.56 Å². The van der Waals surface area contributed by atoms with Crippen LogP contribution in [0.2, 0.25) is 0 Å². The van der Waals surface area contributed by atoms with E-state index in [1.807, 2.05) is 0 Å². The molecule has 0 aliphatic heterocycles. The minimum absolute atomic E-state index is 0.243. The summed E-state index contributed by atoms with van der Waals surface area (Å²) in [6, 6.07) is 3.24. The molecular formula is C19H15F8N3O4S. The molecule has 0 unspecified atom stereocenters. The van der Waals surface area contributed by atoms with Crippen LogP contribution in [0.4, 0.5) is 35.1 Å². The van der Waals surface area contributed by atoms with Crippen LogP contribution >= 0.6 is 0 Å². The Labute approximate surface area is 191 Å². The van der Waals surface area contributed by atoms with Gasteiger partial charge in [0.2, 0.25) is 0 Å². The van der Waals surface area contributed by atoms with Crippen LogP contribution < -0.4 is 10.3 Å². The van der Waals surface area contributed by atoms with Gasteiger partial charge in [-0.05, 0) is 24.3 Å². The molecule has 0 N–H and O–H groups in total. The fourth-order valence-electron chi connectivity index (χ4n) is 2.99. The molecule has 0 aliphatic carbocycles. The van der Waals surface area contributed by atoms with Crippen LogP contribution in [0.5, 0.6) is 5.88 Å². The van der Waals surface area contributed by atoms with E-state index in [4.69, 9.17) is 0 Å². The van der Waals surface area contributed by atoms with E-state index in [0.29, 0.717) is 21.2 Å². The minimum Gasteiger partial charge on any atom is -0.472 e. The van der Waals surface area contributed by atoms with E-state index in [2.05, 4.69) is 9.72 Å². The summed E-state index contributed by atoms with van der Waals surface area (Å²) in [5.41, 5.74) is -3.54. The maximum absolute atomic E-state index is 13.2. The summed E-state index contributed by atoms with van der Waals surface area (Å²) in [4.78, 5) is 16.8. The quantitative estimate of drug-likeness (QED) is 0.446. The Morgan fingerprint density at radius 3 is 2.17 bits per heavy atom. The molecule has 0 bridgehead atoms. The Morgan fingerprint density at radius 1 is 1.00 bits per heavy atom. The van der Waals surface area contributed by atoms with Gasteiger partial charge in [0.05, 0.1) is 16.9 Å². The van der Waals surface area contributed by atoms with Crippen molar-refractivity contribution in [1.29, 1.82) is 0 Å². The first-order valence-electron chi connectivity index (χ1n) is 9.50. The second-order valence-corrected chi connectivity index (χ2v) is 9.45. The third-order valence-electron chi connectivity index (χ3n) is 4.91. The number of ether oxygens (including phenoxy) is 1. The topological polar surface area (TPSA) is 82.7 Å². The molecule has 3 heterocycles. The highest BCUT2D eigenvalue weighted by Gasteiger charge is 2.58. The summed E-state index contributed by atoms with van der Waals surface area (Å²) < 4.78 is 134. The standard InChI is InChI=1S/C19H15F8N3O4S/c1-3-35(32,33)16-14(28-12-6-4-10(8-30(12)16)18(22,23)24)11-5-7-13(29(2)15(11)31)34-9-17(20,21)19(25,26)27/h4-8H,3,9H2,1-2H3. The predicted octanol–water partition coefficient (Wildman–Crippen LogP) is 4.09. The average Bonchev–Trinajstić information content (AvgIpc) is 3.12. The highest BCUT2D eigenvalue weighted by molar-refractivity contribution is 7.91. The van der Waals surface area contributed by atoms with Gasteiger partial charge in [0, 0.05) is 13.2 Å². The van der Waals surface area contributed by atoms with Crippen molar-refractivity contribution in [3.63, 3.8) is 0 Å². The molecule has 0 saturated carbocycles. The lowest BCUT2D eigenvalue weighted by Crippen LogP contribution is -2.42. The van der Waals surface area contributed by atoms with Crippen molar-refractivity contribution < 1.29 is 48.3 Å². The lowest BCUT2D eigenvalue weighted by Gasteiger charge is -2.20. The van der Waals surface area contributed by atoms with E-state index in [9.17, 15) is 48.3 Å². The molecular weight excluding hydrogens is 518 g/mol. The smallest absolute Gasteiger partial charge is 0.456 e. The van der Waals surface area contributed by atoms with Crippen LogP contribution in [0.1, 0.15) is 12.5 Å². The number of nitrogens with zero attached hydrogens (tertiary/aromatic N) is 3. The Balaban J connectivity index is 2.18. The molecule has 3 rings (SSSR count). The van der Waals surface area contributed by atoms with E-state index >= 15 is 0 Å². The predicted molar refractivity (Wildman–Crippen MR) is 105 cm³/mol. The maximum atomic E-state index is 13.2. The number of hydrogen-bond donors (Lipinski definition) is 0. The normalized spacial score (nSPS) is 13.4. The molecule has 0 atom stereocenters. The van der Waals surface area contributed by atoms with Crippen LogP contribution in [-0.2, 0) is 23.1 Å². The lowest BCUT2D eigenvalue weighted by atomic mass is 10.2. The zero-order valence-electron chi connectivity index (χ0n) is 17.7. The second-order valence-electron chi connectivity index (χ2n) is 7.25. The van der Waals surface area contributed by atoms with Gasteiger partial charge in [-0.3, -0.25) is 13.8 Å². The number of hydrogen-bond acceptors (Lipinski definition) is 5. The van der Waals surface area contributed by atoms with Crippen LogP contribution in [0, 0.1) is 0 Å². The molecule has 0 amide bonds. The molecule has 0 fully saturated rings. The summed E-state index contributed by atoms with van der Waals surface area (Å²) in [6.07, 6.45) is -10.2. The highest BCUT2D eigenvalue weighted by Crippen LogP contribution is 2.36. The molecule has 192 valence electrons. The number of fused-ring (bicyclic) bond motifs is 1. The van der Waals surface area contributed by atoms with Crippen LogP contribution in [0.3, 0.4) is 0 Å². The summed E-state index contributed by atoms with van der Waals surface area (Å²) in [7, 11) is -3.32. The first-order valence-corrected chi connectivity index (χ1v) is 11.2. The number of pyridine rings is 2. The van der Waals surface area contributed by atoms with E-state index in [-0.39, 0.29) is 5.65 Å². The monoisotopic (exact) mass is 533 g/mol. The Hall–Kier alpha value is -3.17. The number of rotatable bonds is 6. The van der Waals surface area contributed by atoms with Gasteiger partial charge in [-0.1, -0.05) is 6.92 Å². The number of imidazole rings is 1. The van der Waals surface area contributed by atoms with Gasteiger partial charge in [-0.25, -0.2) is 13.4 Å². The molecule has 16 heteroatoms. The molecule has 0 aromatic carbocycles. The molecule has 0 aliphatic rings. The molecule has 0 radical (unpaired) electrons. The second kappa shape index (κ2) is 8.49. The molecule has 0 saturated heterocycles. The van der Waals surface area contributed by atoms with Crippen molar-refractivity contribution in [3.8, 4) is 17.1 Å². The van der Waals surface area contributed by atoms with Gasteiger partial charge >= 0.3 is 18.3 Å². The molecule has 35 heavy (non-hydrogen) atoms. The average molecular weight is 533 g/mol. The van der Waals surface area contributed by atoms with Gasteiger partial charge in [0.1, 0.15) is 11.3 Å². The fourth-order valence-corrected chi connectivity index (χ4v) is 4.16. The third-order valence-corrected chi connectivity index (χ3v) is 6.65. The van der Waals surface area contributed by atoms with Crippen LogP contribution in [0.15, 0.2) is 40.3 Å². The zero-order valence-corrected chi connectivity index (χ0v) is 18.5. The van der Waals surface area contributed by atoms with Crippen molar-refractivity contribution >= 4 is 15.5 Å². The fraction of sp³-hybridized carbons (Fsp3) is 0.368. The first kappa shape index (κ1) is 26.4. The third kappa shape index (κ3) is 4.83. The Morgan fingerprint density at radius 2 is 1.63 bits per heavy atom. The minimum atomic E-state index is -5.90. The van der Waals surface area contributed by atoms with E-state index in [1.165, 1.54) is 6.92 Å². The van der Waals surface area contributed by atoms with Crippen molar-refractivity contribution in [2.45, 2.75) is 30.2 Å². The summed E-state index contributed by atoms with van der Waals surface area (Å²) >= 11 is 0. The number of sulfone groups is 1. The molecule has 3 aromatic heterocycles. The molecule has 3 aromatic rings. The van der Waals surface area contributed by atoms with Gasteiger partial charge in [-0.2, -0.15) is 35.1 Å². The number of halogens is 8. The lowest BCUT2D eigenvalue weighted by molar-refractivity contribution is -0.290. The van der Waals surface area contributed by atoms with Gasteiger partial charge in [0.15, 0.2) is 27.4 Å². The summed E-state index contributed by atoms with van der Waals surface area (Å²) in [5, 5.41) is -0.726. The highest BCUT2D eigenvalue weighted by atomic mass is 32.2. The molecule has 7 nitrogen and oxygen atoms in total. The summed E-state index contributed by atoms with van der Waals surface area (Å²) in [6.45, 7) is -0.921.